The molecule has 1 fully saturated rings. The third-order valence-corrected chi connectivity index (χ3v) is 4.14. The van der Waals surface area contributed by atoms with Gasteiger partial charge in [-0.2, -0.15) is 0 Å². The van der Waals surface area contributed by atoms with Crippen LogP contribution in [-0.2, 0) is 0 Å². The molecule has 2 N–H and O–H groups in total. The number of aliphatic imine (C=N–C) groups is 1. The molecule has 1 saturated carbocycles. The summed E-state index contributed by atoms with van der Waals surface area (Å²) in [5.41, 5.74) is 7.01. The summed E-state index contributed by atoms with van der Waals surface area (Å²) in [6, 6.07) is 5.83. The zero-order valence-corrected chi connectivity index (χ0v) is 11.7. The van der Waals surface area contributed by atoms with Gasteiger partial charge in [-0.25, -0.2) is 0 Å². The van der Waals surface area contributed by atoms with Crippen LogP contribution in [0.5, 0.6) is 5.75 Å². The number of halogens is 1. The average molecular weight is 280 g/mol. The molecule has 1 unspecified atom stereocenters. The Kier molecular flexibility index (Phi) is 3.27. The van der Waals surface area contributed by atoms with Gasteiger partial charge in [-0.05, 0) is 30.9 Å². The normalized spacial score (nSPS) is 22.5. The molecule has 1 atom stereocenters. The Hall–Kier alpha value is -1.42. The van der Waals surface area contributed by atoms with Crippen molar-refractivity contribution in [3.63, 3.8) is 0 Å². The van der Waals surface area contributed by atoms with E-state index in [1.54, 1.807) is 7.11 Å². The van der Waals surface area contributed by atoms with Crippen LogP contribution < -0.4 is 10.5 Å². The molecule has 3 rings (SSSR count). The molecule has 19 heavy (non-hydrogen) atoms. The summed E-state index contributed by atoms with van der Waals surface area (Å²) in [5, 5.41) is 0.718. The van der Waals surface area contributed by atoms with Crippen molar-refractivity contribution in [2.24, 2.45) is 16.6 Å². The van der Waals surface area contributed by atoms with E-state index < -0.39 is 0 Å². The molecule has 0 amide bonds. The first-order valence-corrected chi connectivity index (χ1v) is 6.97. The smallest absolute Gasteiger partial charge is 0.191 e. The van der Waals surface area contributed by atoms with Gasteiger partial charge in [-0.1, -0.05) is 17.7 Å². The molecule has 1 aliphatic heterocycles. The maximum atomic E-state index is 6.35. The molecule has 4 nitrogen and oxygen atoms in total. The molecule has 2 aliphatic rings. The minimum atomic E-state index is 0.101. The number of hydrogen-bond acceptors (Lipinski definition) is 4. The van der Waals surface area contributed by atoms with Gasteiger partial charge >= 0.3 is 0 Å². The summed E-state index contributed by atoms with van der Waals surface area (Å²) >= 11 is 6.35. The van der Waals surface area contributed by atoms with Crippen LogP contribution in [0.25, 0.3) is 0 Å². The van der Waals surface area contributed by atoms with Gasteiger partial charge in [-0.3, -0.25) is 4.99 Å². The van der Waals surface area contributed by atoms with E-state index in [1.807, 2.05) is 18.2 Å². The molecule has 0 spiro atoms. The maximum Gasteiger partial charge on any atom is 0.191 e. The highest BCUT2D eigenvalue weighted by Crippen LogP contribution is 2.40. The van der Waals surface area contributed by atoms with Crippen molar-refractivity contribution in [1.82, 2.24) is 4.90 Å². The summed E-state index contributed by atoms with van der Waals surface area (Å²) in [7, 11) is 1.67. The van der Waals surface area contributed by atoms with Crippen LogP contribution in [0, 0.1) is 5.92 Å². The van der Waals surface area contributed by atoms with Gasteiger partial charge in [0.05, 0.1) is 19.7 Å². The van der Waals surface area contributed by atoms with Crippen LogP contribution in [0.1, 0.15) is 24.4 Å². The van der Waals surface area contributed by atoms with Gasteiger partial charge in [0, 0.05) is 17.1 Å². The van der Waals surface area contributed by atoms with E-state index in [1.165, 1.54) is 12.8 Å². The zero-order valence-electron chi connectivity index (χ0n) is 11.0. The summed E-state index contributed by atoms with van der Waals surface area (Å²) in [4.78, 5) is 6.55. The van der Waals surface area contributed by atoms with E-state index in [9.17, 15) is 0 Å². The molecule has 1 aliphatic carbocycles. The Morgan fingerprint density at radius 3 is 2.95 bits per heavy atom. The van der Waals surface area contributed by atoms with Crippen LogP contribution in [-0.4, -0.2) is 31.1 Å². The second kappa shape index (κ2) is 4.93. The topological polar surface area (TPSA) is 50.9 Å². The Morgan fingerprint density at radius 1 is 1.47 bits per heavy atom. The summed E-state index contributed by atoms with van der Waals surface area (Å²) in [6.45, 7) is 1.62. The first-order valence-electron chi connectivity index (χ1n) is 6.59. The van der Waals surface area contributed by atoms with Crippen LogP contribution in [0.15, 0.2) is 23.2 Å². The van der Waals surface area contributed by atoms with Crippen molar-refractivity contribution >= 4 is 17.6 Å². The second-order valence-electron chi connectivity index (χ2n) is 5.17. The Balaban J connectivity index is 1.92. The van der Waals surface area contributed by atoms with Crippen molar-refractivity contribution < 1.29 is 4.74 Å². The highest BCUT2D eigenvalue weighted by Gasteiger charge is 2.35. The lowest BCUT2D eigenvalue weighted by atomic mass is 10.0. The van der Waals surface area contributed by atoms with Crippen LogP contribution in [0.2, 0.25) is 5.02 Å². The number of methoxy groups -OCH3 is 1. The number of hydrogen-bond donors (Lipinski definition) is 1. The molecule has 0 aromatic heterocycles. The fourth-order valence-electron chi connectivity index (χ4n) is 2.59. The van der Waals surface area contributed by atoms with Crippen LogP contribution in [0.4, 0.5) is 0 Å². The van der Waals surface area contributed by atoms with Gasteiger partial charge in [0.25, 0.3) is 0 Å². The monoisotopic (exact) mass is 279 g/mol. The lowest BCUT2D eigenvalue weighted by molar-refractivity contribution is 0.320. The largest absolute Gasteiger partial charge is 0.496 e. The van der Waals surface area contributed by atoms with Gasteiger partial charge in [-0.15, -0.1) is 0 Å². The standard InChI is InChI=1S/C14H18ClN3O/c1-19-12-4-2-3-10(15)13(12)11-7-17-14(16)18(11)8-9-5-6-9/h2-4,9,11H,5-8H2,1H3,(H2,16,17). The number of benzene rings is 1. The Bertz CT molecular complexity index is 513. The van der Waals surface area contributed by atoms with E-state index in [4.69, 9.17) is 22.1 Å². The van der Waals surface area contributed by atoms with Crippen molar-refractivity contribution in [1.29, 1.82) is 0 Å². The Morgan fingerprint density at radius 2 is 2.26 bits per heavy atom. The van der Waals surface area contributed by atoms with Gasteiger partial charge in [0.2, 0.25) is 0 Å². The molecule has 102 valence electrons. The fraction of sp³-hybridized carbons (Fsp3) is 0.500. The van der Waals surface area contributed by atoms with Gasteiger partial charge in [0.1, 0.15) is 5.75 Å². The summed E-state index contributed by atoms with van der Waals surface area (Å²) < 4.78 is 5.44. The highest BCUT2D eigenvalue weighted by atomic mass is 35.5. The predicted molar refractivity (Wildman–Crippen MR) is 76.7 cm³/mol. The van der Waals surface area contributed by atoms with E-state index in [-0.39, 0.29) is 6.04 Å². The van der Waals surface area contributed by atoms with Gasteiger partial charge in [0.15, 0.2) is 5.96 Å². The minimum Gasteiger partial charge on any atom is -0.496 e. The minimum absolute atomic E-state index is 0.101. The van der Waals surface area contributed by atoms with E-state index in [2.05, 4.69) is 9.89 Å². The molecular formula is C14H18ClN3O. The number of ether oxygens (including phenoxy) is 1. The first-order chi connectivity index (χ1) is 9.20. The lowest BCUT2D eigenvalue weighted by Gasteiger charge is -2.28. The maximum absolute atomic E-state index is 6.35. The average Bonchev–Trinajstić information content (AvgIpc) is 3.15. The van der Waals surface area contributed by atoms with Crippen LogP contribution in [0.3, 0.4) is 0 Å². The predicted octanol–water partition coefficient (Wildman–Crippen LogP) is 2.43. The lowest BCUT2D eigenvalue weighted by Crippen LogP contribution is -2.37. The first kappa shape index (κ1) is 12.6. The van der Waals surface area contributed by atoms with Gasteiger partial charge < -0.3 is 15.4 Å². The SMILES string of the molecule is COc1cccc(Cl)c1C1CN=C(N)N1CC1CC1. The van der Waals surface area contributed by atoms with E-state index in [0.717, 1.165) is 28.8 Å². The summed E-state index contributed by atoms with van der Waals surface area (Å²) in [5.74, 6) is 2.19. The molecule has 0 radical (unpaired) electrons. The summed E-state index contributed by atoms with van der Waals surface area (Å²) in [6.07, 6.45) is 2.58. The number of guanidine groups is 1. The molecule has 0 saturated heterocycles. The third kappa shape index (κ3) is 2.37. The molecule has 1 aromatic carbocycles. The van der Waals surface area contributed by atoms with E-state index >= 15 is 0 Å². The number of nitrogens with zero attached hydrogens (tertiary/aromatic N) is 2. The fourth-order valence-corrected chi connectivity index (χ4v) is 2.89. The number of rotatable bonds is 4. The molecule has 0 bridgehead atoms. The molecule has 1 heterocycles. The van der Waals surface area contributed by atoms with Crippen molar-refractivity contribution in [2.45, 2.75) is 18.9 Å². The van der Waals surface area contributed by atoms with E-state index in [0.29, 0.717) is 12.5 Å². The zero-order chi connectivity index (χ0) is 13.4. The number of nitrogens with two attached hydrogens (primary N) is 1. The van der Waals surface area contributed by atoms with Crippen molar-refractivity contribution in [3.05, 3.63) is 28.8 Å². The highest BCUT2D eigenvalue weighted by molar-refractivity contribution is 6.31. The Labute approximate surface area is 118 Å². The van der Waals surface area contributed by atoms with Crippen molar-refractivity contribution in [2.75, 3.05) is 20.2 Å². The van der Waals surface area contributed by atoms with Crippen LogP contribution >= 0.6 is 11.6 Å². The quantitative estimate of drug-likeness (QED) is 0.921. The molecule has 1 aromatic rings. The second-order valence-corrected chi connectivity index (χ2v) is 5.57. The third-order valence-electron chi connectivity index (χ3n) is 3.81. The molecular weight excluding hydrogens is 262 g/mol. The van der Waals surface area contributed by atoms with Crippen molar-refractivity contribution in [3.8, 4) is 5.75 Å². The molecule has 5 heteroatoms.